The van der Waals surface area contributed by atoms with Gasteiger partial charge >= 0.3 is 0 Å². The Balaban J connectivity index is 2.14. The van der Waals surface area contributed by atoms with Crippen LogP contribution in [0.1, 0.15) is 38.4 Å². The van der Waals surface area contributed by atoms with E-state index in [1.54, 1.807) is 0 Å². The van der Waals surface area contributed by atoms with Gasteiger partial charge in [-0.15, -0.1) is 0 Å². The van der Waals surface area contributed by atoms with E-state index in [1.807, 2.05) is 0 Å². The Morgan fingerprint density at radius 3 is 2.73 bits per heavy atom. The average Bonchev–Trinajstić information content (AvgIpc) is 2.96. The number of rotatable bonds is 4. The van der Waals surface area contributed by atoms with Crippen molar-refractivity contribution in [2.75, 3.05) is 17.3 Å². The third kappa shape index (κ3) is 2.33. The van der Waals surface area contributed by atoms with Gasteiger partial charge in [-0.3, -0.25) is 0 Å². The van der Waals surface area contributed by atoms with E-state index >= 15 is 0 Å². The molecule has 0 saturated heterocycles. The van der Waals surface area contributed by atoms with Gasteiger partial charge in [0.05, 0.1) is 0 Å². The molecule has 1 aliphatic carbocycles. The minimum atomic E-state index is 0.0837. The third-order valence-corrected chi connectivity index (χ3v) is 5.07. The van der Waals surface area contributed by atoms with E-state index in [0.29, 0.717) is 5.92 Å². The highest BCUT2D eigenvalue weighted by Crippen LogP contribution is 2.40. The molecule has 0 N–H and O–H groups in total. The van der Waals surface area contributed by atoms with Crippen LogP contribution in [0.25, 0.3) is 0 Å². The summed E-state index contributed by atoms with van der Waals surface area (Å²) in [5, 5.41) is 1.95. The second kappa shape index (κ2) is 4.01. The van der Waals surface area contributed by atoms with Crippen molar-refractivity contribution in [1.29, 1.82) is 0 Å². The fraction of sp³-hybridized carbons (Fsp3) is 0.800. The molecule has 0 unspecified atom stereocenters. The first-order valence-corrected chi connectivity index (χ1v) is 7.07. The largest absolute Gasteiger partial charge is 0.344 e. The number of hydrogen-bond acceptors (Lipinski definition) is 4. The molecular formula is C10H16BrN3S. The van der Waals surface area contributed by atoms with Gasteiger partial charge in [0, 0.05) is 35.4 Å². The maximum Gasteiger partial charge on any atom is 0.205 e. The van der Waals surface area contributed by atoms with Crippen LogP contribution < -0.4 is 4.90 Å². The van der Waals surface area contributed by atoms with Crippen molar-refractivity contribution in [3.05, 3.63) is 5.82 Å². The molecular weight excluding hydrogens is 274 g/mol. The lowest BCUT2D eigenvalue weighted by molar-refractivity contribution is 0.550. The minimum Gasteiger partial charge on any atom is -0.344 e. The highest BCUT2D eigenvalue weighted by atomic mass is 79.9. The van der Waals surface area contributed by atoms with Crippen LogP contribution in [0, 0.1) is 0 Å². The van der Waals surface area contributed by atoms with Crippen LogP contribution in [0.15, 0.2) is 0 Å². The maximum atomic E-state index is 4.60. The fourth-order valence-corrected chi connectivity index (χ4v) is 2.46. The second-order valence-corrected chi connectivity index (χ2v) is 6.01. The SMILES string of the molecule is CN(c1nc(C2CC2)ns1)C(C)(C)CBr. The normalized spacial score (nSPS) is 16.8. The molecule has 0 atom stereocenters. The Hall–Kier alpha value is -0.160. The lowest BCUT2D eigenvalue weighted by Gasteiger charge is -2.33. The summed E-state index contributed by atoms with van der Waals surface area (Å²) in [6, 6.07) is 0. The summed E-state index contributed by atoms with van der Waals surface area (Å²) in [6.07, 6.45) is 2.53. The highest BCUT2D eigenvalue weighted by molar-refractivity contribution is 9.09. The molecule has 1 aromatic rings. The van der Waals surface area contributed by atoms with Crippen LogP contribution in [0.5, 0.6) is 0 Å². The van der Waals surface area contributed by atoms with Gasteiger partial charge in [0.2, 0.25) is 5.13 Å². The second-order valence-electron chi connectivity index (χ2n) is 4.71. The number of aromatic nitrogens is 2. The molecule has 1 fully saturated rings. The molecule has 5 heteroatoms. The first-order chi connectivity index (χ1) is 7.04. The van der Waals surface area contributed by atoms with Gasteiger partial charge in [-0.05, 0) is 26.7 Å². The summed E-state index contributed by atoms with van der Waals surface area (Å²) in [4.78, 5) is 6.80. The van der Waals surface area contributed by atoms with Crippen molar-refractivity contribution in [2.24, 2.45) is 0 Å². The Kier molecular flexibility index (Phi) is 3.03. The van der Waals surface area contributed by atoms with Crippen LogP contribution in [0.3, 0.4) is 0 Å². The zero-order valence-electron chi connectivity index (χ0n) is 9.33. The maximum absolute atomic E-state index is 4.60. The summed E-state index contributed by atoms with van der Waals surface area (Å²) in [7, 11) is 2.08. The van der Waals surface area contributed by atoms with Gasteiger partial charge in [0.1, 0.15) is 5.82 Å². The summed E-state index contributed by atoms with van der Waals surface area (Å²) < 4.78 is 4.42. The van der Waals surface area contributed by atoms with Crippen molar-refractivity contribution < 1.29 is 0 Å². The summed E-state index contributed by atoms with van der Waals surface area (Å²) in [6.45, 7) is 4.39. The molecule has 0 radical (unpaired) electrons. The van der Waals surface area contributed by atoms with Crippen molar-refractivity contribution >= 4 is 32.6 Å². The summed E-state index contributed by atoms with van der Waals surface area (Å²) in [5.74, 6) is 1.70. The lowest BCUT2D eigenvalue weighted by Crippen LogP contribution is -2.42. The Morgan fingerprint density at radius 2 is 2.20 bits per heavy atom. The van der Waals surface area contributed by atoms with E-state index in [0.717, 1.165) is 16.3 Å². The van der Waals surface area contributed by atoms with Crippen LogP contribution in [0.2, 0.25) is 0 Å². The van der Waals surface area contributed by atoms with Crippen LogP contribution in [-0.4, -0.2) is 27.3 Å². The topological polar surface area (TPSA) is 29.0 Å². The first kappa shape index (κ1) is 11.3. The molecule has 2 rings (SSSR count). The first-order valence-electron chi connectivity index (χ1n) is 5.18. The third-order valence-electron chi connectivity index (χ3n) is 2.90. The van der Waals surface area contributed by atoms with Crippen LogP contribution in [0.4, 0.5) is 5.13 Å². The van der Waals surface area contributed by atoms with E-state index in [-0.39, 0.29) is 5.54 Å². The summed E-state index contributed by atoms with van der Waals surface area (Å²) in [5.41, 5.74) is 0.0837. The van der Waals surface area contributed by atoms with Gasteiger partial charge in [-0.2, -0.15) is 4.37 Å². The molecule has 0 aliphatic heterocycles. The lowest BCUT2D eigenvalue weighted by atomic mass is 10.1. The number of hydrogen-bond donors (Lipinski definition) is 0. The average molecular weight is 290 g/mol. The van der Waals surface area contributed by atoms with Crippen molar-refractivity contribution in [3.63, 3.8) is 0 Å². The quantitative estimate of drug-likeness (QED) is 0.798. The van der Waals surface area contributed by atoms with Crippen LogP contribution >= 0.6 is 27.5 Å². The molecule has 1 heterocycles. The number of anilines is 1. The highest BCUT2D eigenvalue weighted by Gasteiger charge is 2.30. The molecule has 0 aromatic carbocycles. The number of alkyl halides is 1. The Labute approximate surface area is 103 Å². The van der Waals surface area contributed by atoms with Crippen molar-refractivity contribution in [3.8, 4) is 0 Å². The van der Waals surface area contributed by atoms with E-state index < -0.39 is 0 Å². The molecule has 3 nitrogen and oxygen atoms in total. The molecule has 0 amide bonds. The molecule has 1 aliphatic rings. The minimum absolute atomic E-state index is 0.0837. The van der Waals surface area contributed by atoms with Gasteiger partial charge in [0.15, 0.2) is 0 Å². The van der Waals surface area contributed by atoms with Gasteiger partial charge in [-0.25, -0.2) is 4.98 Å². The molecule has 15 heavy (non-hydrogen) atoms. The number of nitrogens with zero attached hydrogens (tertiary/aromatic N) is 3. The molecule has 0 spiro atoms. The summed E-state index contributed by atoms with van der Waals surface area (Å²) >= 11 is 5.04. The zero-order chi connectivity index (χ0) is 11.1. The fourth-order valence-electron chi connectivity index (χ4n) is 1.22. The van der Waals surface area contributed by atoms with Gasteiger partial charge < -0.3 is 4.90 Å². The van der Waals surface area contributed by atoms with Crippen molar-refractivity contribution in [2.45, 2.75) is 38.1 Å². The molecule has 1 saturated carbocycles. The van der Waals surface area contributed by atoms with Crippen LogP contribution in [-0.2, 0) is 0 Å². The van der Waals surface area contributed by atoms with Gasteiger partial charge in [-0.1, -0.05) is 15.9 Å². The smallest absolute Gasteiger partial charge is 0.205 e. The van der Waals surface area contributed by atoms with Crippen molar-refractivity contribution in [1.82, 2.24) is 9.36 Å². The monoisotopic (exact) mass is 289 g/mol. The Morgan fingerprint density at radius 1 is 1.53 bits per heavy atom. The van der Waals surface area contributed by atoms with E-state index in [2.05, 4.69) is 51.1 Å². The van der Waals surface area contributed by atoms with E-state index in [9.17, 15) is 0 Å². The van der Waals surface area contributed by atoms with E-state index in [4.69, 9.17) is 0 Å². The predicted molar refractivity (Wildman–Crippen MR) is 68.2 cm³/mol. The standard InChI is InChI=1S/C10H16BrN3S/c1-10(2,6-11)14(3)9-12-8(13-15-9)7-4-5-7/h7H,4-6H2,1-3H3. The molecule has 0 bridgehead atoms. The molecule has 84 valence electrons. The molecule has 1 aromatic heterocycles. The van der Waals surface area contributed by atoms with E-state index in [1.165, 1.54) is 24.4 Å². The number of halogens is 1. The Bertz CT molecular complexity index is 346. The zero-order valence-corrected chi connectivity index (χ0v) is 11.7. The van der Waals surface area contributed by atoms with Gasteiger partial charge in [0.25, 0.3) is 0 Å². The predicted octanol–water partition coefficient (Wildman–Crippen LogP) is 3.03.